The highest BCUT2D eigenvalue weighted by Gasteiger charge is 2.02. The van der Waals surface area contributed by atoms with Crippen molar-refractivity contribution in [1.82, 2.24) is 0 Å². The highest BCUT2D eigenvalue weighted by Crippen LogP contribution is 2.20. The number of anilines is 1. The lowest BCUT2D eigenvalue weighted by molar-refractivity contribution is 0.625. The Kier molecular flexibility index (Phi) is 3.64. The van der Waals surface area contributed by atoms with E-state index in [0.717, 1.165) is 24.0 Å². The molecule has 0 radical (unpaired) electrons. The standard InChI is InChI=1S/C14H13ClFN/c15-14-9-13(17)7-6-11(14)5-4-10-2-1-3-12(16)8-10/h1-3,6-9H,4-5,17H2. The Bertz CT molecular complexity index is 525. The van der Waals surface area contributed by atoms with Gasteiger partial charge in [-0.2, -0.15) is 0 Å². The number of rotatable bonds is 3. The summed E-state index contributed by atoms with van der Waals surface area (Å²) in [6.45, 7) is 0. The number of halogens is 2. The van der Waals surface area contributed by atoms with Gasteiger partial charge in [0, 0.05) is 10.7 Å². The van der Waals surface area contributed by atoms with Gasteiger partial charge in [0.1, 0.15) is 5.82 Å². The molecular formula is C14H13ClFN. The SMILES string of the molecule is Nc1ccc(CCc2cccc(F)c2)c(Cl)c1. The zero-order valence-corrected chi connectivity index (χ0v) is 10.0. The Hall–Kier alpha value is -1.54. The molecule has 0 saturated heterocycles. The third-order valence-electron chi connectivity index (χ3n) is 2.65. The number of benzene rings is 2. The topological polar surface area (TPSA) is 26.0 Å². The summed E-state index contributed by atoms with van der Waals surface area (Å²) in [4.78, 5) is 0. The first kappa shape index (κ1) is 11.9. The summed E-state index contributed by atoms with van der Waals surface area (Å²) in [5, 5.41) is 0.668. The highest BCUT2D eigenvalue weighted by molar-refractivity contribution is 6.31. The van der Waals surface area contributed by atoms with Gasteiger partial charge in [-0.05, 0) is 48.2 Å². The molecule has 0 aromatic heterocycles. The predicted octanol–water partition coefficient (Wildman–Crippen LogP) is 3.85. The van der Waals surface area contributed by atoms with Crippen molar-refractivity contribution in [3.63, 3.8) is 0 Å². The normalized spacial score (nSPS) is 10.5. The van der Waals surface area contributed by atoms with Crippen LogP contribution in [0.15, 0.2) is 42.5 Å². The van der Waals surface area contributed by atoms with Crippen molar-refractivity contribution in [3.05, 3.63) is 64.4 Å². The Morgan fingerprint density at radius 2 is 1.88 bits per heavy atom. The number of hydrogen-bond acceptors (Lipinski definition) is 1. The van der Waals surface area contributed by atoms with Crippen LogP contribution in [0.3, 0.4) is 0 Å². The van der Waals surface area contributed by atoms with E-state index in [-0.39, 0.29) is 5.82 Å². The summed E-state index contributed by atoms with van der Waals surface area (Å²) in [6, 6.07) is 12.1. The average Bonchev–Trinajstić information content (AvgIpc) is 2.28. The summed E-state index contributed by atoms with van der Waals surface area (Å²) in [5.74, 6) is -0.203. The quantitative estimate of drug-likeness (QED) is 0.822. The molecule has 3 heteroatoms. The van der Waals surface area contributed by atoms with E-state index < -0.39 is 0 Å². The maximum absolute atomic E-state index is 13.0. The van der Waals surface area contributed by atoms with Gasteiger partial charge in [-0.1, -0.05) is 29.8 Å². The molecule has 2 aromatic carbocycles. The van der Waals surface area contributed by atoms with Crippen LogP contribution in [0.4, 0.5) is 10.1 Å². The minimum absolute atomic E-state index is 0.203. The smallest absolute Gasteiger partial charge is 0.123 e. The van der Waals surface area contributed by atoms with Crippen LogP contribution in [0, 0.1) is 5.82 Å². The fourth-order valence-electron chi connectivity index (χ4n) is 1.74. The second-order valence-electron chi connectivity index (χ2n) is 3.98. The van der Waals surface area contributed by atoms with E-state index in [9.17, 15) is 4.39 Å². The molecule has 0 fully saturated rings. The summed E-state index contributed by atoms with van der Waals surface area (Å²) in [7, 11) is 0. The molecule has 0 bridgehead atoms. The highest BCUT2D eigenvalue weighted by atomic mass is 35.5. The predicted molar refractivity (Wildman–Crippen MR) is 69.7 cm³/mol. The van der Waals surface area contributed by atoms with Gasteiger partial charge >= 0.3 is 0 Å². The van der Waals surface area contributed by atoms with Crippen molar-refractivity contribution in [3.8, 4) is 0 Å². The van der Waals surface area contributed by atoms with Crippen LogP contribution >= 0.6 is 11.6 Å². The van der Waals surface area contributed by atoms with Gasteiger partial charge in [-0.15, -0.1) is 0 Å². The van der Waals surface area contributed by atoms with E-state index in [1.807, 2.05) is 18.2 Å². The van der Waals surface area contributed by atoms with Crippen molar-refractivity contribution < 1.29 is 4.39 Å². The zero-order chi connectivity index (χ0) is 12.3. The van der Waals surface area contributed by atoms with Gasteiger partial charge in [0.2, 0.25) is 0 Å². The molecule has 2 N–H and O–H groups in total. The molecule has 2 aromatic rings. The molecule has 0 spiro atoms. The van der Waals surface area contributed by atoms with E-state index in [2.05, 4.69) is 0 Å². The van der Waals surface area contributed by atoms with Crippen molar-refractivity contribution in [1.29, 1.82) is 0 Å². The Morgan fingerprint density at radius 3 is 2.59 bits per heavy atom. The van der Waals surface area contributed by atoms with Crippen LogP contribution in [-0.4, -0.2) is 0 Å². The number of nitrogens with two attached hydrogens (primary N) is 1. The number of aryl methyl sites for hydroxylation is 2. The fourth-order valence-corrected chi connectivity index (χ4v) is 2.02. The Morgan fingerprint density at radius 1 is 1.06 bits per heavy atom. The van der Waals surface area contributed by atoms with Gasteiger partial charge in [-0.25, -0.2) is 4.39 Å². The van der Waals surface area contributed by atoms with Crippen LogP contribution in [0.25, 0.3) is 0 Å². The van der Waals surface area contributed by atoms with E-state index in [1.165, 1.54) is 6.07 Å². The first-order valence-electron chi connectivity index (χ1n) is 5.43. The van der Waals surface area contributed by atoms with Crippen molar-refractivity contribution in [2.75, 3.05) is 5.73 Å². The van der Waals surface area contributed by atoms with Gasteiger partial charge in [0.15, 0.2) is 0 Å². The van der Waals surface area contributed by atoms with Gasteiger partial charge in [-0.3, -0.25) is 0 Å². The Labute approximate surface area is 105 Å². The first-order valence-corrected chi connectivity index (χ1v) is 5.81. The minimum atomic E-state index is -0.203. The molecule has 0 saturated carbocycles. The van der Waals surface area contributed by atoms with Crippen LogP contribution in [0.2, 0.25) is 5.02 Å². The monoisotopic (exact) mass is 249 g/mol. The summed E-state index contributed by atoms with van der Waals surface area (Å²) in [6.07, 6.45) is 1.55. The second kappa shape index (κ2) is 5.19. The molecule has 0 aliphatic rings. The number of hydrogen-bond donors (Lipinski definition) is 1. The minimum Gasteiger partial charge on any atom is -0.399 e. The van der Waals surface area contributed by atoms with Crippen LogP contribution < -0.4 is 5.73 Å². The molecule has 2 rings (SSSR count). The number of nitrogen functional groups attached to an aromatic ring is 1. The lowest BCUT2D eigenvalue weighted by atomic mass is 10.0. The van der Waals surface area contributed by atoms with Crippen molar-refractivity contribution >= 4 is 17.3 Å². The molecule has 0 atom stereocenters. The second-order valence-corrected chi connectivity index (χ2v) is 4.39. The maximum atomic E-state index is 13.0. The molecular weight excluding hydrogens is 237 g/mol. The van der Waals surface area contributed by atoms with Crippen molar-refractivity contribution in [2.24, 2.45) is 0 Å². The van der Waals surface area contributed by atoms with Crippen LogP contribution in [-0.2, 0) is 12.8 Å². The van der Waals surface area contributed by atoms with Crippen LogP contribution in [0.1, 0.15) is 11.1 Å². The van der Waals surface area contributed by atoms with Crippen molar-refractivity contribution in [2.45, 2.75) is 12.8 Å². The van der Waals surface area contributed by atoms with Gasteiger partial charge < -0.3 is 5.73 Å². The Balaban J connectivity index is 2.07. The van der Waals surface area contributed by atoms with E-state index >= 15 is 0 Å². The largest absolute Gasteiger partial charge is 0.399 e. The summed E-state index contributed by atoms with van der Waals surface area (Å²) < 4.78 is 13.0. The lowest BCUT2D eigenvalue weighted by Gasteiger charge is -2.05. The van der Waals surface area contributed by atoms with Gasteiger partial charge in [0.25, 0.3) is 0 Å². The van der Waals surface area contributed by atoms with Crippen LogP contribution in [0.5, 0.6) is 0 Å². The third kappa shape index (κ3) is 3.21. The van der Waals surface area contributed by atoms with E-state index in [0.29, 0.717) is 10.7 Å². The van der Waals surface area contributed by atoms with E-state index in [1.54, 1.807) is 18.2 Å². The molecule has 0 aliphatic heterocycles. The van der Waals surface area contributed by atoms with Gasteiger partial charge in [0.05, 0.1) is 0 Å². The molecule has 0 aliphatic carbocycles. The third-order valence-corrected chi connectivity index (χ3v) is 3.00. The maximum Gasteiger partial charge on any atom is 0.123 e. The molecule has 0 unspecified atom stereocenters. The summed E-state index contributed by atoms with van der Waals surface area (Å²) in [5.41, 5.74) is 8.28. The molecule has 0 amide bonds. The van der Waals surface area contributed by atoms with E-state index in [4.69, 9.17) is 17.3 Å². The zero-order valence-electron chi connectivity index (χ0n) is 9.29. The summed E-state index contributed by atoms with van der Waals surface area (Å²) >= 11 is 6.07. The average molecular weight is 250 g/mol. The fraction of sp³-hybridized carbons (Fsp3) is 0.143. The lowest BCUT2D eigenvalue weighted by Crippen LogP contribution is -1.94. The molecule has 17 heavy (non-hydrogen) atoms. The molecule has 1 nitrogen and oxygen atoms in total. The molecule has 0 heterocycles. The first-order chi connectivity index (χ1) is 8.15. The molecule has 88 valence electrons.